The average molecular weight is 316 g/mol. The molecule has 2 aliphatic rings. The zero-order valence-electron chi connectivity index (χ0n) is 14.5. The number of nitrogens with zero attached hydrogens (tertiary/aromatic N) is 4. The Morgan fingerprint density at radius 1 is 1.13 bits per heavy atom. The third-order valence-electron chi connectivity index (χ3n) is 4.90. The van der Waals surface area contributed by atoms with Gasteiger partial charge in [-0.1, -0.05) is 13.3 Å². The normalized spacial score (nSPS) is 18.0. The van der Waals surface area contributed by atoms with Gasteiger partial charge in [-0.2, -0.15) is 0 Å². The fourth-order valence-corrected chi connectivity index (χ4v) is 3.58. The van der Waals surface area contributed by atoms with Gasteiger partial charge in [0.25, 0.3) is 0 Å². The van der Waals surface area contributed by atoms with E-state index < -0.39 is 0 Å². The third-order valence-corrected chi connectivity index (χ3v) is 4.90. The number of aromatic nitrogens is 2. The summed E-state index contributed by atoms with van der Waals surface area (Å²) < 4.78 is 0. The maximum atomic E-state index is 12.4. The third kappa shape index (κ3) is 3.65. The van der Waals surface area contributed by atoms with Crippen LogP contribution in [0, 0.1) is 6.92 Å². The summed E-state index contributed by atoms with van der Waals surface area (Å²) >= 11 is 0. The molecule has 0 saturated carbocycles. The number of carbonyl (C=O) groups is 1. The number of piperidine rings is 1. The molecule has 2 aliphatic heterocycles. The zero-order chi connectivity index (χ0) is 16.2. The van der Waals surface area contributed by atoms with Gasteiger partial charge in [0, 0.05) is 38.0 Å². The Bertz CT molecular complexity index is 566. The second kappa shape index (κ2) is 7.28. The summed E-state index contributed by atoms with van der Waals surface area (Å²) in [6.45, 7) is 7.74. The maximum Gasteiger partial charge on any atom is 0.222 e. The van der Waals surface area contributed by atoms with Crippen molar-refractivity contribution in [3.05, 3.63) is 17.1 Å². The van der Waals surface area contributed by atoms with Crippen LogP contribution in [-0.2, 0) is 17.8 Å². The second-order valence-corrected chi connectivity index (χ2v) is 6.74. The Morgan fingerprint density at radius 2 is 1.91 bits per heavy atom. The highest BCUT2D eigenvalue weighted by Crippen LogP contribution is 2.29. The van der Waals surface area contributed by atoms with E-state index in [4.69, 9.17) is 4.98 Å². The van der Waals surface area contributed by atoms with Crippen LogP contribution in [0.3, 0.4) is 0 Å². The zero-order valence-corrected chi connectivity index (χ0v) is 14.5. The molecule has 0 aliphatic carbocycles. The fraction of sp³-hybridized carbons (Fsp3) is 0.722. The first kappa shape index (κ1) is 16.2. The van der Waals surface area contributed by atoms with E-state index in [1.54, 1.807) is 0 Å². The van der Waals surface area contributed by atoms with Gasteiger partial charge >= 0.3 is 0 Å². The molecule has 0 bridgehead atoms. The van der Waals surface area contributed by atoms with Crippen LogP contribution in [0.15, 0.2) is 0 Å². The molecule has 0 spiro atoms. The smallest absolute Gasteiger partial charge is 0.222 e. The van der Waals surface area contributed by atoms with Crippen molar-refractivity contribution in [1.29, 1.82) is 0 Å². The van der Waals surface area contributed by atoms with E-state index in [-0.39, 0.29) is 5.91 Å². The van der Waals surface area contributed by atoms with E-state index >= 15 is 0 Å². The molecule has 0 aromatic carbocycles. The first-order valence-electron chi connectivity index (χ1n) is 9.08. The Hall–Kier alpha value is -1.65. The first-order chi connectivity index (χ1) is 11.2. The number of amides is 1. The monoisotopic (exact) mass is 316 g/mol. The molecule has 23 heavy (non-hydrogen) atoms. The van der Waals surface area contributed by atoms with Crippen molar-refractivity contribution in [1.82, 2.24) is 14.9 Å². The van der Waals surface area contributed by atoms with Crippen molar-refractivity contribution in [2.75, 3.05) is 24.5 Å². The standard InChI is InChI=1S/C18H28N4O/c1-3-4-8-17(23)22-12-9-16-15(13-22)18(20-14(2)19-16)21-10-6-5-7-11-21/h3-13H2,1-2H3. The van der Waals surface area contributed by atoms with Gasteiger partial charge in [0.05, 0.1) is 12.2 Å². The van der Waals surface area contributed by atoms with E-state index in [2.05, 4.69) is 16.8 Å². The Balaban J connectivity index is 1.83. The number of fused-ring (bicyclic) bond motifs is 1. The number of hydrogen-bond donors (Lipinski definition) is 0. The maximum absolute atomic E-state index is 12.4. The summed E-state index contributed by atoms with van der Waals surface area (Å²) in [5.74, 6) is 2.22. The highest BCUT2D eigenvalue weighted by atomic mass is 16.2. The molecule has 126 valence electrons. The number of rotatable bonds is 4. The lowest BCUT2D eigenvalue weighted by Crippen LogP contribution is -2.39. The number of aryl methyl sites for hydroxylation is 1. The van der Waals surface area contributed by atoms with Gasteiger partial charge in [-0.05, 0) is 32.6 Å². The molecule has 1 saturated heterocycles. The molecule has 0 unspecified atom stereocenters. The molecule has 1 amide bonds. The van der Waals surface area contributed by atoms with Crippen LogP contribution in [0.2, 0.25) is 0 Å². The van der Waals surface area contributed by atoms with Crippen molar-refractivity contribution >= 4 is 11.7 Å². The van der Waals surface area contributed by atoms with E-state index in [1.807, 2.05) is 11.8 Å². The Labute approximate surface area is 139 Å². The van der Waals surface area contributed by atoms with Gasteiger partial charge in [0.1, 0.15) is 11.6 Å². The molecule has 3 rings (SSSR count). The minimum absolute atomic E-state index is 0.280. The van der Waals surface area contributed by atoms with Gasteiger partial charge in [0.2, 0.25) is 5.91 Å². The lowest BCUT2D eigenvalue weighted by Gasteiger charge is -2.34. The van der Waals surface area contributed by atoms with E-state index in [1.165, 1.54) is 24.8 Å². The second-order valence-electron chi connectivity index (χ2n) is 6.74. The molecule has 1 fully saturated rings. The van der Waals surface area contributed by atoms with Gasteiger partial charge < -0.3 is 9.80 Å². The number of carbonyl (C=O) groups excluding carboxylic acids is 1. The van der Waals surface area contributed by atoms with Crippen molar-refractivity contribution in [3.8, 4) is 0 Å². The highest BCUT2D eigenvalue weighted by molar-refractivity contribution is 5.76. The summed E-state index contributed by atoms with van der Waals surface area (Å²) in [5.41, 5.74) is 2.34. The van der Waals surface area contributed by atoms with Crippen molar-refractivity contribution in [2.24, 2.45) is 0 Å². The largest absolute Gasteiger partial charge is 0.356 e. The van der Waals surface area contributed by atoms with Crippen LogP contribution in [0.5, 0.6) is 0 Å². The number of hydrogen-bond acceptors (Lipinski definition) is 4. The van der Waals surface area contributed by atoms with E-state index in [0.29, 0.717) is 13.0 Å². The van der Waals surface area contributed by atoms with Crippen LogP contribution >= 0.6 is 0 Å². The van der Waals surface area contributed by atoms with Crippen LogP contribution in [0.1, 0.15) is 62.5 Å². The van der Waals surface area contributed by atoms with Crippen molar-refractivity contribution < 1.29 is 4.79 Å². The van der Waals surface area contributed by atoms with Gasteiger partial charge in [-0.15, -0.1) is 0 Å². The molecular formula is C18H28N4O. The molecule has 5 nitrogen and oxygen atoms in total. The molecule has 0 N–H and O–H groups in total. The molecule has 0 atom stereocenters. The molecule has 0 radical (unpaired) electrons. The molecule has 5 heteroatoms. The number of unbranched alkanes of at least 4 members (excludes halogenated alkanes) is 1. The Morgan fingerprint density at radius 3 is 2.65 bits per heavy atom. The topological polar surface area (TPSA) is 49.3 Å². The Kier molecular flexibility index (Phi) is 5.13. The lowest BCUT2D eigenvalue weighted by atomic mass is 10.0. The van der Waals surface area contributed by atoms with Gasteiger partial charge in [0.15, 0.2) is 0 Å². The summed E-state index contributed by atoms with van der Waals surface area (Å²) in [7, 11) is 0. The average Bonchev–Trinajstić information content (AvgIpc) is 2.59. The molecule has 1 aromatic rings. The number of anilines is 1. The van der Waals surface area contributed by atoms with E-state index in [0.717, 1.165) is 56.2 Å². The summed E-state index contributed by atoms with van der Waals surface area (Å²) in [6.07, 6.45) is 7.34. The lowest BCUT2D eigenvalue weighted by molar-refractivity contribution is -0.132. The summed E-state index contributed by atoms with van der Waals surface area (Å²) in [4.78, 5) is 26.2. The summed E-state index contributed by atoms with van der Waals surface area (Å²) in [6, 6.07) is 0. The van der Waals surface area contributed by atoms with Crippen LogP contribution in [0.25, 0.3) is 0 Å². The minimum Gasteiger partial charge on any atom is -0.356 e. The predicted molar refractivity (Wildman–Crippen MR) is 91.5 cm³/mol. The predicted octanol–water partition coefficient (Wildman–Crippen LogP) is 2.85. The van der Waals surface area contributed by atoms with Crippen molar-refractivity contribution in [2.45, 2.75) is 65.3 Å². The van der Waals surface area contributed by atoms with Gasteiger partial charge in [-0.3, -0.25) is 4.79 Å². The van der Waals surface area contributed by atoms with Crippen LogP contribution in [-0.4, -0.2) is 40.4 Å². The van der Waals surface area contributed by atoms with E-state index in [9.17, 15) is 4.79 Å². The minimum atomic E-state index is 0.280. The van der Waals surface area contributed by atoms with Crippen LogP contribution < -0.4 is 4.90 Å². The fourth-order valence-electron chi connectivity index (χ4n) is 3.58. The van der Waals surface area contributed by atoms with Crippen molar-refractivity contribution in [3.63, 3.8) is 0 Å². The molecule has 3 heterocycles. The first-order valence-corrected chi connectivity index (χ1v) is 9.08. The van der Waals surface area contributed by atoms with Crippen LogP contribution in [0.4, 0.5) is 5.82 Å². The summed E-state index contributed by atoms with van der Waals surface area (Å²) in [5, 5.41) is 0. The molecule has 1 aromatic heterocycles. The molecular weight excluding hydrogens is 288 g/mol. The van der Waals surface area contributed by atoms with Gasteiger partial charge in [-0.25, -0.2) is 9.97 Å². The SMILES string of the molecule is CCCCC(=O)N1CCc2nc(C)nc(N3CCCCC3)c2C1. The highest BCUT2D eigenvalue weighted by Gasteiger charge is 2.27. The quantitative estimate of drug-likeness (QED) is 0.857.